The zero-order valence-electron chi connectivity index (χ0n) is 12.4. The maximum absolute atomic E-state index is 11.8. The number of nitrogen functional groups attached to an aromatic ring is 1. The third kappa shape index (κ3) is 3.22. The molecule has 0 amide bonds. The van der Waals surface area contributed by atoms with Crippen LogP contribution in [0, 0.1) is 0 Å². The van der Waals surface area contributed by atoms with Gasteiger partial charge in [0.15, 0.2) is 0 Å². The van der Waals surface area contributed by atoms with Crippen LogP contribution >= 0.6 is 12.4 Å². The molecule has 0 fully saturated rings. The predicted octanol–water partition coefficient (Wildman–Crippen LogP) is 1.92. The number of nitrogens with two attached hydrogens (primary N) is 1. The number of aromatic amines is 1. The van der Waals surface area contributed by atoms with Crippen molar-refractivity contribution in [1.82, 2.24) is 10.2 Å². The Balaban J connectivity index is 0.00000208. The van der Waals surface area contributed by atoms with Crippen LogP contribution in [0.3, 0.4) is 0 Å². The third-order valence-corrected chi connectivity index (χ3v) is 3.62. The zero-order valence-corrected chi connectivity index (χ0v) is 13.3. The van der Waals surface area contributed by atoms with Gasteiger partial charge >= 0.3 is 5.97 Å². The molecule has 1 heterocycles. The van der Waals surface area contributed by atoms with Gasteiger partial charge in [0.25, 0.3) is 5.56 Å². The number of benzene rings is 2. The molecule has 0 spiro atoms. The first kappa shape index (κ1) is 17.5. The molecule has 0 atom stereocenters. The summed E-state index contributed by atoms with van der Waals surface area (Å²) in [6.07, 6.45) is 0.391. The fourth-order valence-corrected chi connectivity index (χ4v) is 2.50. The second kappa shape index (κ2) is 7.12. The first-order valence-corrected chi connectivity index (χ1v) is 6.89. The summed E-state index contributed by atoms with van der Waals surface area (Å²) in [7, 11) is 0. The molecule has 3 aromatic rings. The van der Waals surface area contributed by atoms with E-state index < -0.39 is 5.97 Å². The summed E-state index contributed by atoms with van der Waals surface area (Å²) in [6, 6.07) is 12.1. The number of halogens is 1. The Bertz CT molecular complexity index is 955. The molecule has 3 rings (SSSR count). The molecule has 2 aromatic carbocycles. The monoisotopic (exact) mass is 346 g/mol. The fraction of sp³-hybridized carbons (Fsp3) is 0.0625. The number of H-pyrrole nitrogens is 1. The third-order valence-electron chi connectivity index (χ3n) is 3.62. The van der Waals surface area contributed by atoms with E-state index in [1.165, 1.54) is 0 Å². The van der Waals surface area contributed by atoms with Gasteiger partial charge in [0.05, 0.1) is 22.3 Å². The highest BCUT2D eigenvalue weighted by Gasteiger charge is 2.12. The molecule has 0 radical (unpaired) electrons. The van der Waals surface area contributed by atoms with Crippen molar-refractivity contribution in [2.45, 2.75) is 6.42 Å². The van der Waals surface area contributed by atoms with Gasteiger partial charge in [-0.3, -0.25) is 10.6 Å². The molecular weight excluding hydrogens is 332 g/mol. The lowest BCUT2D eigenvalue weighted by Gasteiger charge is -2.09. The van der Waals surface area contributed by atoms with Gasteiger partial charge in [-0.1, -0.05) is 24.3 Å². The highest BCUT2D eigenvalue weighted by Crippen LogP contribution is 2.21. The summed E-state index contributed by atoms with van der Waals surface area (Å²) in [5.41, 5.74) is 3.95. The smallest absolute Gasteiger partial charge is 0.337 e. The second-order valence-electron chi connectivity index (χ2n) is 5.05. The number of hydrogen-bond donors (Lipinski definition) is 4. The van der Waals surface area contributed by atoms with Crippen LogP contribution < -0.4 is 16.8 Å². The summed E-state index contributed by atoms with van der Waals surface area (Å²) >= 11 is 0. The minimum atomic E-state index is -1.07. The van der Waals surface area contributed by atoms with E-state index in [0.29, 0.717) is 23.2 Å². The lowest BCUT2D eigenvalue weighted by molar-refractivity contribution is 0.0698. The number of aromatic carboxylic acids is 1. The van der Waals surface area contributed by atoms with Crippen LogP contribution in [0.5, 0.6) is 0 Å². The van der Waals surface area contributed by atoms with Gasteiger partial charge in [0, 0.05) is 11.8 Å². The second-order valence-corrected chi connectivity index (χ2v) is 5.05. The Morgan fingerprint density at radius 3 is 2.58 bits per heavy atom. The molecule has 0 unspecified atom stereocenters. The van der Waals surface area contributed by atoms with E-state index in [4.69, 9.17) is 5.84 Å². The first-order chi connectivity index (χ1) is 11.1. The number of nitrogens with one attached hydrogen (secondary N) is 2. The van der Waals surface area contributed by atoms with Gasteiger partial charge in [-0.25, -0.2) is 9.89 Å². The van der Waals surface area contributed by atoms with Crippen LogP contribution in [0.4, 0.5) is 5.69 Å². The number of aromatic nitrogens is 2. The minimum Gasteiger partial charge on any atom is -0.478 e. The van der Waals surface area contributed by atoms with Gasteiger partial charge < -0.3 is 10.5 Å². The number of carboxylic acids is 1. The van der Waals surface area contributed by atoms with Gasteiger partial charge in [-0.2, -0.15) is 5.10 Å². The number of carbonyl (C=O) groups is 1. The molecule has 0 aliphatic carbocycles. The lowest BCUT2D eigenvalue weighted by Crippen LogP contribution is -2.13. The van der Waals surface area contributed by atoms with Crippen molar-refractivity contribution in [1.29, 1.82) is 0 Å². The van der Waals surface area contributed by atoms with Crippen molar-refractivity contribution in [3.05, 3.63) is 69.6 Å². The van der Waals surface area contributed by atoms with E-state index in [9.17, 15) is 14.7 Å². The first-order valence-electron chi connectivity index (χ1n) is 6.89. The average Bonchev–Trinajstić information content (AvgIpc) is 2.57. The maximum atomic E-state index is 11.8. The number of hydrogen-bond acceptors (Lipinski definition) is 5. The molecule has 0 saturated carbocycles. The minimum absolute atomic E-state index is 0. The molecule has 24 heavy (non-hydrogen) atoms. The van der Waals surface area contributed by atoms with Crippen molar-refractivity contribution >= 4 is 34.8 Å². The van der Waals surface area contributed by atoms with Crippen molar-refractivity contribution in [3.8, 4) is 0 Å². The summed E-state index contributed by atoms with van der Waals surface area (Å²) in [6.45, 7) is 0. The standard InChI is InChI=1S/C16H14N4O3.ClH/c17-18-13-6-5-9(7-12(13)16(22)23)8-14-10-3-1-2-4-11(10)15(21)20-19-14;/h1-7,18H,8,17H2,(H,20,21)(H,22,23);1H. The number of fused-ring (bicyclic) bond motifs is 1. The van der Waals surface area contributed by atoms with E-state index in [-0.39, 0.29) is 23.5 Å². The van der Waals surface area contributed by atoms with Crippen LogP contribution in [0.2, 0.25) is 0 Å². The number of anilines is 1. The Labute approximate surface area is 142 Å². The molecular formula is C16H15ClN4O3. The Morgan fingerprint density at radius 2 is 1.92 bits per heavy atom. The summed E-state index contributed by atoms with van der Waals surface area (Å²) in [5, 5.41) is 17.1. The Hall–Kier alpha value is -2.90. The van der Waals surface area contributed by atoms with E-state index >= 15 is 0 Å². The van der Waals surface area contributed by atoms with Gasteiger partial charge in [-0.05, 0) is 23.8 Å². The van der Waals surface area contributed by atoms with Crippen molar-refractivity contribution in [2.75, 3.05) is 5.43 Å². The van der Waals surface area contributed by atoms with E-state index in [1.54, 1.807) is 30.3 Å². The summed E-state index contributed by atoms with van der Waals surface area (Å²) < 4.78 is 0. The van der Waals surface area contributed by atoms with Crippen LogP contribution in [-0.2, 0) is 6.42 Å². The quantitative estimate of drug-likeness (QED) is 0.423. The normalized spacial score (nSPS) is 10.2. The van der Waals surface area contributed by atoms with Gasteiger partial charge in [-0.15, -0.1) is 12.4 Å². The van der Waals surface area contributed by atoms with E-state index in [2.05, 4.69) is 15.6 Å². The van der Waals surface area contributed by atoms with Crippen molar-refractivity contribution in [2.24, 2.45) is 5.84 Å². The summed E-state index contributed by atoms with van der Waals surface area (Å²) in [4.78, 5) is 23.1. The van der Waals surface area contributed by atoms with Gasteiger partial charge in [0.1, 0.15) is 0 Å². The van der Waals surface area contributed by atoms with E-state index in [1.807, 2.05) is 12.1 Å². The van der Waals surface area contributed by atoms with Crippen LogP contribution in [0.15, 0.2) is 47.3 Å². The molecule has 1 aromatic heterocycles. The summed E-state index contributed by atoms with van der Waals surface area (Å²) in [5.74, 6) is 4.25. The van der Waals surface area contributed by atoms with Gasteiger partial charge in [0.2, 0.25) is 0 Å². The largest absolute Gasteiger partial charge is 0.478 e. The Kier molecular flexibility index (Phi) is 5.18. The van der Waals surface area contributed by atoms with Crippen molar-refractivity contribution < 1.29 is 9.90 Å². The number of carboxylic acid groups (broad SMARTS) is 1. The lowest BCUT2D eigenvalue weighted by atomic mass is 10.0. The molecule has 5 N–H and O–H groups in total. The number of hydrazine groups is 1. The topological polar surface area (TPSA) is 121 Å². The molecule has 0 aliphatic heterocycles. The molecule has 8 heteroatoms. The SMILES string of the molecule is Cl.NNc1ccc(Cc2n[nH]c(=O)c3ccccc23)cc1C(=O)O. The van der Waals surface area contributed by atoms with E-state index in [0.717, 1.165) is 10.9 Å². The predicted molar refractivity (Wildman–Crippen MR) is 93.6 cm³/mol. The van der Waals surface area contributed by atoms with Crippen LogP contribution in [0.1, 0.15) is 21.6 Å². The number of nitrogens with zero attached hydrogens (tertiary/aromatic N) is 1. The number of rotatable bonds is 4. The fourth-order valence-electron chi connectivity index (χ4n) is 2.50. The highest BCUT2D eigenvalue weighted by molar-refractivity contribution is 5.94. The molecule has 0 bridgehead atoms. The molecule has 7 nitrogen and oxygen atoms in total. The molecule has 124 valence electrons. The maximum Gasteiger partial charge on any atom is 0.337 e. The van der Waals surface area contributed by atoms with Crippen LogP contribution in [0.25, 0.3) is 10.8 Å². The Morgan fingerprint density at radius 1 is 1.21 bits per heavy atom. The van der Waals surface area contributed by atoms with Crippen molar-refractivity contribution in [3.63, 3.8) is 0 Å². The highest BCUT2D eigenvalue weighted by atomic mass is 35.5. The molecule has 0 saturated heterocycles. The molecule has 0 aliphatic rings. The van der Waals surface area contributed by atoms with Crippen LogP contribution in [-0.4, -0.2) is 21.3 Å². The average molecular weight is 347 g/mol. The zero-order chi connectivity index (χ0) is 16.4.